The van der Waals surface area contributed by atoms with Crippen LogP contribution in [0.5, 0.6) is 0 Å². The third kappa shape index (κ3) is 2.48. The van der Waals surface area contributed by atoms with Crippen LogP contribution in [0.1, 0.15) is 12.8 Å². The fraction of sp³-hybridized carbons (Fsp3) is 0.833. The standard InChI is InChI=1S/C6H9FN4O2/c7-4-1-3(10-11-8)2-5(4)9-6(12)13/h3-5,8-9H,1-2H2/p+1/t3-,4+,5+/m0/s1. The Morgan fingerprint density at radius 1 is 1.69 bits per heavy atom. The summed E-state index contributed by atoms with van der Waals surface area (Å²) in [6, 6.07) is -1.09. The third-order valence-electron chi connectivity index (χ3n) is 1.99. The predicted octanol–water partition coefficient (Wildman–Crippen LogP) is 0.673. The molecule has 0 unspecified atom stereocenters. The Kier molecular flexibility index (Phi) is 2.92. The summed E-state index contributed by atoms with van der Waals surface area (Å²) < 4.78 is 13.0. The third-order valence-corrected chi connectivity index (χ3v) is 1.99. The molecule has 0 bridgehead atoms. The fourth-order valence-electron chi connectivity index (χ4n) is 1.45. The summed E-state index contributed by atoms with van der Waals surface area (Å²) in [4.78, 5) is 13.0. The Balaban J connectivity index is 2.50. The molecule has 1 rings (SSSR count). The van der Waals surface area contributed by atoms with Gasteiger partial charge in [-0.05, 0) is 0 Å². The fourth-order valence-corrected chi connectivity index (χ4v) is 1.45. The first-order valence-electron chi connectivity index (χ1n) is 3.83. The van der Waals surface area contributed by atoms with Crippen molar-refractivity contribution in [3.63, 3.8) is 0 Å². The largest absolute Gasteiger partial charge is 0.465 e. The number of hydrogen-bond donors (Lipinski definition) is 3. The second kappa shape index (κ2) is 3.95. The summed E-state index contributed by atoms with van der Waals surface area (Å²) in [6.45, 7) is 0. The van der Waals surface area contributed by atoms with Crippen LogP contribution in [-0.2, 0) is 0 Å². The number of rotatable bonds is 2. The van der Waals surface area contributed by atoms with Crippen LogP contribution in [0, 0.1) is 5.53 Å². The van der Waals surface area contributed by atoms with Crippen molar-refractivity contribution >= 4 is 6.09 Å². The van der Waals surface area contributed by atoms with Crippen LogP contribution < -0.4 is 10.2 Å². The molecule has 0 radical (unpaired) electrons. The summed E-state index contributed by atoms with van der Waals surface area (Å²) in [5, 5.41) is 13.8. The van der Waals surface area contributed by atoms with Crippen molar-refractivity contribution in [1.82, 2.24) is 10.2 Å². The van der Waals surface area contributed by atoms with Crippen molar-refractivity contribution in [2.24, 2.45) is 5.11 Å². The number of hydrogen-bond acceptors (Lipinski definition) is 3. The molecule has 1 aliphatic carbocycles. The number of alkyl halides is 1. The Morgan fingerprint density at radius 2 is 2.38 bits per heavy atom. The van der Waals surface area contributed by atoms with Crippen molar-refractivity contribution < 1.29 is 14.3 Å². The SMILES string of the molecule is N=[N+]=N[C@H]1C[C@@H](F)[C@H](NC(=O)O)C1. The first-order valence-corrected chi connectivity index (χ1v) is 3.83. The summed E-state index contributed by atoms with van der Waals surface area (Å²) in [5.74, 6) is 0. The molecule has 3 atom stereocenters. The van der Waals surface area contributed by atoms with E-state index in [1.165, 1.54) is 0 Å². The van der Waals surface area contributed by atoms with Gasteiger partial charge >= 0.3 is 6.09 Å². The van der Waals surface area contributed by atoms with Crippen molar-refractivity contribution in [2.45, 2.75) is 31.1 Å². The summed E-state index contributed by atoms with van der Waals surface area (Å²) in [6.07, 6.45) is -2.06. The van der Waals surface area contributed by atoms with Gasteiger partial charge in [0.15, 0.2) is 0 Å². The summed E-state index contributed by atoms with van der Waals surface area (Å²) in [5.41, 5.74) is 6.44. The van der Waals surface area contributed by atoms with Gasteiger partial charge in [0.25, 0.3) is 0 Å². The Bertz CT molecular complexity index is 253. The van der Waals surface area contributed by atoms with E-state index in [0.717, 1.165) is 0 Å². The van der Waals surface area contributed by atoms with E-state index in [-0.39, 0.29) is 18.9 Å². The zero-order valence-electron chi connectivity index (χ0n) is 6.77. The molecule has 0 aliphatic heterocycles. The first kappa shape index (κ1) is 9.60. The van der Waals surface area contributed by atoms with Gasteiger partial charge in [-0.1, -0.05) is 0 Å². The molecule has 6 nitrogen and oxygen atoms in total. The van der Waals surface area contributed by atoms with Crippen molar-refractivity contribution in [3.8, 4) is 0 Å². The van der Waals surface area contributed by atoms with E-state index in [1.807, 2.05) is 0 Å². The van der Waals surface area contributed by atoms with Gasteiger partial charge in [-0.15, -0.1) is 0 Å². The van der Waals surface area contributed by atoms with Crippen LogP contribution in [-0.4, -0.2) is 29.5 Å². The van der Waals surface area contributed by atoms with E-state index in [4.69, 9.17) is 10.6 Å². The zero-order valence-corrected chi connectivity index (χ0v) is 6.77. The number of halogens is 1. The van der Waals surface area contributed by atoms with Crippen LogP contribution >= 0.6 is 0 Å². The lowest BCUT2D eigenvalue weighted by molar-refractivity contribution is 0.181. The molecule has 3 N–H and O–H groups in total. The minimum atomic E-state index is -1.24. The van der Waals surface area contributed by atoms with Crippen molar-refractivity contribution in [1.29, 1.82) is 5.53 Å². The molecular formula is C6H10FN4O2+. The topological polar surface area (TPSA) is 99.6 Å². The molecule has 0 aromatic heterocycles. The number of amides is 1. The van der Waals surface area contributed by atoms with E-state index in [9.17, 15) is 9.18 Å². The Labute approximate surface area is 73.4 Å². The molecule has 0 saturated heterocycles. The van der Waals surface area contributed by atoms with Crippen LogP contribution in [0.15, 0.2) is 5.11 Å². The molecule has 13 heavy (non-hydrogen) atoms. The van der Waals surface area contributed by atoms with Gasteiger partial charge in [0, 0.05) is 12.8 Å². The molecule has 1 saturated carbocycles. The summed E-state index contributed by atoms with van der Waals surface area (Å²) in [7, 11) is 0. The van der Waals surface area contributed by atoms with Gasteiger partial charge in [0.05, 0.1) is 6.04 Å². The number of carbonyl (C=O) groups is 1. The lowest BCUT2D eigenvalue weighted by Gasteiger charge is -2.10. The van der Waals surface area contributed by atoms with E-state index in [1.54, 1.807) is 0 Å². The van der Waals surface area contributed by atoms with Crippen molar-refractivity contribution in [2.75, 3.05) is 0 Å². The van der Waals surface area contributed by atoms with Gasteiger partial charge in [-0.25, -0.2) is 9.18 Å². The molecule has 0 aromatic carbocycles. The Morgan fingerprint density at radius 3 is 2.92 bits per heavy atom. The monoisotopic (exact) mass is 189 g/mol. The van der Waals surface area contributed by atoms with E-state index in [2.05, 4.69) is 15.3 Å². The quantitative estimate of drug-likeness (QED) is 0.439. The van der Waals surface area contributed by atoms with Crippen LogP contribution in [0.2, 0.25) is 0 Å². The van der Waals surface area contributed by atoms with Gasteiger partial charge in [0.2, 0.25) is 4.91 Å². The minimum absolute atomic E-state index is 0.132. The normalized spacial score (nSPS) is 32.2. The van der Waals surface area contributed by atoms with Gasteiger partial charge < -0.3 is 10.4 Å². The zero-order chi connectivity index (χ0) is 9.84. The molecule has 72 valence electrons. The smallest absolute Gasteiger partial charge is 0.404 e. The molecular weight excluding hydrogens is 179 g/mol. The second-order valence-electron chi connectivity index (χ2n) is 2.91. The average Bonchev–Trinajstić information content (AvgIpc) is 2.31. The highest BCUT2D eigenvalue weighted by atomic mass is 19.1. The summed E-state index contributed by atoms with van der Waals surface area (Å²) >= 11 is 0. The predicted molar refractivity (Wildman–Crippen MR) is 40.1 cm³/mol. The minimum Gasteiger partial charge on any atom is -0.465 e. The highest BCUT2D eigenvalue weighted by Crippen LogP contribution is 2.24. The number of carboxylic acid groups (broad SMARTS) is 1. The van der Waals surface area contributed by atoms with Crippen LogP contribution in [0.3, 0.4) is 0 Å². The van der Waals surface area contributed by atoms with Gasteiger partial charge in [0.1, 0.15) is 22.9 Å². The van der Waals surface area contributed by atoms with Crippen LogP contribution in [0.4, 0.5) is 9.18 Å². The molecule has 7 heteroatoms. The maximum atomic E-state index is 13.0. The molecule has 0 spiro atoms. The highest BCUT2D eigenvalue weighted by molar-refractivity contribution is 5.65. The lowest BCUT2D eigenvalue weighted by Crippen LogP contribution is -2.37. The maximum absolute atomic E-state index is 13.0. The van der Waals surface area contributed by atoms with Gasteiger partial charge in [-0.3, -0.25) is 0 Å². The molecule has 1 fully saturated rings. The Hall–Kier alpha value is -1.49. The van der Waals surface area contributed by atoms with E-state index < -0.39 is 18.3 Å². The first-order chi connectivity index (χ1) is 6.13. The second-order valence-corrected chi connectivity index (χ2v) is 2.91. The molecule has 0 aromatic rings. The average molecular weight is 189 g/mol. The number of nitrogens with one attached hydrogen (secondary N) is 2. The maximum Gasteiger partial charge on any atom is 0.404 e. The number of nitrogens with zero attached hydrogens (tertiary/aromatic N) is 2. The van der Waals surface area contributed by atoms with E-state index >= 15 is 0 Å². The molecule has 1 aliphatic rings. The van der Waals surface area contributed by atoms with Crippen molar-refractivity contribution in [3.05, 3.63) is 0 Å². The lowest BCUT2D eigenvalue weighted by atomic mass is 10.2. The molecule has 1 amide bonds. The van der Waals surface area contributed by atoms with Crippen LogP contribution in [0.25, 0.3) is 0 Å². The van der Waals surface area contributed by atoms with E-state index in [0.29, 0.717) is 0 Å². The highest BCUT2D eigenvalue weighted by Gasteiger charge is 2.37. The van der Waals surface area contributed by atoms with Gasteiger partial charge in [-0.2, -0.15) is 0 Å². The molecule has 0 heterocycles.